The summed E-state index contributed by atoms with van der Waals surface area (Å²) < 4.78 is 5.55. The molecule has 3 heterocycles. The van der Waals surface area contributed by atoms with Crippen molar-refractivity contribution in [1.29, 1.82) is 0 Å². The van der Waals surface area contributed by atoms with Gasteiger partial charge in [0.05, 0.1) is 5.39 Å². The molecule has 0 saturated heterocycles. The van der Waals surface area contributed by atoms with Crippen LogP contribution in [0, 0.1) is 20.8 Å². The molecule has 0 radical (unpaired) electrons. The number of hydrogen-bond donors (Lipinski definition) is 1. The normalized spacial score (nSPS) is 12.5. The van der Waals surface area contributed by atoms with Gasteiger partial charge < -0.3 is 9.72 Å². The fraction of sp³-hybridized carbons (Fsp3) is 0.421. The van der Waals surface area contributed by atoms with E-state index in [4.69, 9.17) is 4.74 Å². The van der Waals surface area contributed by atoms with Crippen molar-refractivity contribution in [2.75, 3.05) is 0 Å². The van der Waals surface area contributed by atoms with E-state index in [2.05, 4.69) is 16.9 Å². The van der Waals surface area contributed by atoms with E-state index in [1.807, 2.05) is 26.8 Å². The number of aryl methyl sites for hydroxylation is 4. The van der Waals surface area contributed by atoms with Crippen molar-refractivity contribution in [2.24, 2.45) is 0 Å². The molecule has 0 saturated carbocycles. The molecule has 3 aromatic heterocycles. The third-order valence-corrected chi connectivity index (χ3v) is 6.64. The molecular weight excluding hydrogens is 368 g/mol. The molecule has 0 fully saturated rings. The molecule has 1 unspecified atom stereocenters. The molecule has 26 heavy (non-hydrogen) atoms. The maximum atomic E-state index is 12.5. The molecule has 3 aromatic rings. The molecule has 1 atom stereocenters. The summed E-state index contributed by atoms with van der Waals surface area (Å²) in [5.41, 5.74) is 1.95. The Bertz CT molecular complexity index is 1030. The maximum absolute atomic E-state index is 12.5. The van der Waals surface area contributed by atoms with E-state index in [9.17, 15) is 9.59 Å². The average Bonchev–Trinajstić information content (AvgIpc) is 3.08. The largest absolute Gasteiger partial charge is 0.450 e. The minimum atomic E-state index is -0.626. The molecule has 0 aliphatic heterocycles. The molecule has 138 valence electrons. The molecule has 0 aromatic carbocycles. The van der Waals surface area contributed by atoms with Crippen molar-refractivity contribution in [1.82, 2.24) is 9.97 Å². The smallest absolute Gasteiger partial charge is 0.349 e. The summed E-state index contributed by atoms with van der Waals surface area (Å²) in [6, 6.07) is 1.91. The van der Waals surface area contributed by atoms with Crippen LogP contribution in [0.4, 0.5) is 0 Å². The van der Waals surface area contributed by atoms with Gasteiger partial charge in [0, 0.05) is 9.75 Å². The molecule has 3 rings (SSSR count). The summed E-state index contributed by atoms with van der Waals surface area (Å²) in [7, 11) is 0. The number of hydrogen-bond acceptors (Lipinski definition) is 6. The first-order chi connectivity index (χ1) is 12.3. The number of aromatic amines is 1. The van der Waals surface area contributed by atoms with Gasteiger partial charge in [-0.05, 0) is 51.3 Å². The summed E-state index contributed by atoms with van der Waals surface area (Å²) in [4.78, 5) is 35.6. The van der Waals surface area contributed by atoms with E-state index in [1.54, 1.807) is 6.92 Å². The molecule has 7 heteroatoms. The van der Waals surface area contributed by atoms with Crippen LogP contribution in [0.2, 0.25) is 0 Å². The van der Waals surface area contributed by atoms with Gasteiger partial charge in [-0.2, -0.15) is 0 Å². The first kappa shape index (κ1) is 18.8. The van der Waals surface area contributed by atoms with Crippen molar-refractivity contribution >= 4 is 38.9 Å². The number of ether oxygens (including phenoxy) is 1. The first-order valence-electron chi connectivity index (χ1n) is 8.62. The Balaban J connectivity index is 1.84. The maximum Gasteiger partial charge on any atom is 0.349 e. The second-order valence-corrected chi connectivity index (χ2v) is 8.86. The molecule has 0 aliphatic carbocycles. The monoisotopic (exact) mass is 390 g/mol. The highest BCUT2D eigenvalue weighted by molar-refractivity contribution is 7.18. The van der Waals surface area contributed by atoms with E-state index in [1.165, 1.54) is 28.2 Å². The number of H-pyrrole nitrogens is 1. The summed E-state index contributed by atoms with van der Waals surface area (Å²) in [5.74, 6) is -0.00611. The highest BCUT2D eigenvalue weighted by Crippen LogP contribution is 2.28. The van der Waals surface area contributed by atoms with Gasteiger partial charge in [0.2, 0.25) is 0 Å². The first-order valence-corrected chi connectivity index (χ1v) is 10.2. The summed E-state index contributed by atoms with van der Waals surface area (Å²) >= 11 is 2.93. The minimum absolute atomic E-state index is 0.188. The number of rotatable bonds is 5. The van der Waals surface area contributed by atoms with Gasteiger partial charge >= 0.3 is 5.97 Å². The lowest BCUT2D eigenvalue weighted by molar-refractivity contribution is 0.0326. The average molecular weight is 391 g/mol. The number of fused-ring (bicyclic) bond motifs is 1. The summed E-state index contributed by atoms with van der Waals surface area (Å²) in [5, 5.41) is 0.618. The fourth-order valence-corrected chi connectivity index (χ4v) is 4.87. The zero-order valence-electron chi connectivity index (χ0n) is 15.6. The van der Waals surface area contributed by atoms with Crippen LogP contribution in [-0.2, 0) is 11.2 Å². The highest BCUT2D eigenvalue weighted by Gasteiger charge is 2.20. The Labute approximate surface area is 160 Å². The second kappa shape index (κ2) is 7.32. The van der Waals surface area contributed by atoms with Gasteiger partial charge in [0.1, 0.15) is 9.71 Å². The number of thiophene rings is 2. The Morgan fingerprint density at radius 2 is 2.00 bits per heavy atom. The zero-order valence-corrected chi connectivity index (χ0v) is 17.2. The molecule has 0 amide bonds. The van der Waals surface area contributed by atoms with E-state index >= 15 is 0 Å². The van der Waals surface area contributed by atoms with Crippen LogP contribution in [0.3, 0.4) is 0 Å². The lowest BCUT2D eigenvalue weighted by atomic mass is 10.1. The number of carbonyl (C=O) groups excluding carboxylic acids is 1. The van der Waals surface area contributed by atoms with Crippen molar-refractivity contribution in [3.05, 3.63) is 48.0 Å². The second-order valence-electron chi connectivity index (χ2n) is 6.40. The van der Waals surface area contributed by atoms with E-state index in [0.717, 1.165) is 28.2 Å². The summed E-state index contributed by atoms with van der Waals surface area (Å²) in [6.45, 7) is 9.74. The topological polar surface area (TPSA) is 72.0 Å². The van der Waals surface area contributed by atoms with Gasteiger partial charge in [0.15, 0.2) is 11.9 Å². The zero-order chi connectivity index (χ0) is 19.0. The Morgan fingerprint density at radius 1 is 1.27 bits per heavy atom. The quantitative estimate of drug-likeness (QED) is 0.633. The molecule has 0 bridgehead atoms. The molecule has 1 N–H and O–H groups in total. The van der Waals surface area contributed by atoms with Crippen LogP contribution in [0.15, 0.2) is 10.9 Å². The lowest BCUT2D eigenvalue weighted by Gasteiger charge is -2.11. The van der Waals surface area contributed by atoms with Gasteiger partial charge in [-0.25, -0.2) is 9.78 Å². The highest BCUT2D eigenvalue weighted by atomic mass is 32.1. The molecule has 0 spiro atoms. The number of nitrogens with zero attached hydrogens (tertiary/aromatic N) is 1. The van der Waals surface area contributed by atoms with Crippen molar-refractivity contribution in [2.45, 2.75) is 53.6 Å². The van der Waals surface area contributed by atoms with E-state index < -0.39 is 6.10 Å². The van der Waals surface area contributed by atoms with Crippen LogP contribution in [0.1, 0.15) is 62.7 Å². The summed E-state index contributed by atoms with van der Waals surface area (Å²) in [6.07, 6.45) is 1.36. The van der Waals surface area contributed by atoms with Crippen molar-refractivity contribution in [3.8, 4) is 0 Å². The lowest BCUT2D eigenvalue weighted by Crippen LogP contribution is -2.17. The van der Waals surface area contributed by atoms with Gasteiger partial charge in [-0.15, -0.1) is 22.7 Å². The Kier molecular flexibility index (Phi) is 5.29. The van der Waals surface area contributed by atoms with Gasteiger partial charge in [0.25, 0.3) is 5.56 Å². The van der Waals surface area contributed by atoms with Crippen LogP contribution in [0.5, 0.6) is 0 Å². The number of nitrogens with one attached hydrogen (secondary N) is 1. The third-order valence-electron chi connectivity index (χ3n) is 4.47. The standard InChI is InChI=1S/C19H22N2O3S2/c1-6-7-13-8-14(25-12(13)5)19(23)24-10(3)16-20-17(22)15-9(2)11(4)26-18(15)21-16/h8,10H,6-7H2,1-5H3,(H,20,21,22). The number of carbonyl (C=O) groups is 1. The SMILES string of the molecule is CCCc1cc(C(=O)OC(C)c2nc3sc(C)c(C)c3c(=O)[nH]2)sc1C. The van der Waals surface area contributed by atoms with Crippen LogP contribution in [0.25, 0.3) is 10.2 Å². The molecular formula is C19H22N2O3S2. The predicted molar refractivity (Wildman–Crippen MR) is 107 cm³/mol. The van der Waals surface area contributed by atoms with Gasteiger partial charge in [-0.1, -0.05) is 13.3 Å². The minimum Gasteiger partial charge on any atom is -0.450 e. The van der Waals surface area contributed by atoms with Crippen LogP contribution >= 0.6 is 22.7 Å². The fourth-order valence-electron chi connectivity index (χ4n) is 2.88. The molecule has 0 aliphatic rings. The van der Waals surface area contributed by atoms with E-state index in [-0.39, 0.29) is 11.5 Å². The number of esters is 1. The Hall–Kier alpha value is -1.99. The van der Waals surface area contributed by atoms with Crippen LogP contribution < -0.4 is 5.56 Å². The van der Waals surface area contributed by atoms with Crippen LogP contribution in [-0.4, -0.2) is 15.9 Å². The Morgan fingerprint density at radius 3 is 2.69 bits per heavy atom. The van der Waals surface area contributed by atoms with E-state index in [0.29, 0.717) is 20.9 Å². The van der Waals surface area contributed by atoms with Crippen molar-refractivity contribution < 1.29 is 9.53 Å². The van der Waals surface area contributed by atoms with Gasteiger partial charge in [-0.3, -0.25) is 4.79 Å². The number of aromatic nitrogens is 2. The third kappa shape index (κ3) is 3.46. The predicted octanol–water partition coefficient (Wildman–Crippen LogP) is 4.84. The van der Waals surface area contributed by atoms with Crippen molar-refractivity contribution in [3.63, 3.8) is 0 Å². The molecule has 5 nitrogen and oxygen atoms in total.